The van der Waals surface area contributed by atoms with E-state index >= 15 is 0 Å². The molecule has 6 nitrogen and oxygen atoms in total. The van der Waals surface area contributed by atoms with Crippen LogP contribution in [0.25, 0.3) is 0 Å². The first-order chi connectivity index (χ1) is 9.63. The number of methoxy groups -OCH3 is 1. The monoisotopic (exact) mass is 278 g/mol. The second kappa shape index (κ2) is 6.78. The van der Waals surface area contributed by atoms with Gasteiger partial charge in [-0.3, -0.25) is 4.90 Å². The normalized spacial score (nSPS) is 20.9. The van der Waals surface area contributed by atoms with Crippen LogP contribution < -0.4 is 5.73 Å². The summed E-state index contributed by atoms with van der Waals surface area (Å²) in [6.07, 6.45) is 0. The first-order valence-corrected chi connectivity index (χ1v) is 6.81. The number of piperazine rings is 1. The van der Waals surface area contributed by atoms with Crippen LogP contribution in [0.1, 0.15) is 16.2 Å². The topological polar surface area (TPSA) is 71.7 Å². The van der Waals surface area contributed by atoms with Crippen LogP contribution in [0.5, 0.6) is 0 Å². The molecule has 0 radical (unpaired) electrons. The van der Waals surface area contributed by atoms with Gasteiger partial charge < -0.3 is 15.4 Å². The molecule has 6 heteroatoms. The van der Waals surface area contributed by atoms with Crippen molar-refractivity contribution in [2.45, 2.75) is 12.6 Å². The Morgan fingerprint density at radius 3 is 3.00 bits per heavy atom. The minimum atomic E-state index is -0.402. The van der Waals surface area contributed by atoms with Crippen molar-refractivity contribution >= 4 is 5.97 Å². The van der Waals surface area contributed by atoms with Crippen LogP contribution >= 0.6 is 0 Å². The summed E-state index contributed by atoms with van der Waals surface area (Å²) in [4.78, 5) is 20.5. The molecule has 110 valence electrons. The number of hydrogen-bond donors (Lipinski definition) is 1. The van der Waals surface area contributed by atoms with Crippen molar-refractivity contribution in [3.8, 4) is 0 Å². The van der Waals surface area contributed by atoms with Crippen molar-refractivity contribution in [2.24, 2.45) is 5.73 Å². The van der Waals surface area contributed by atoms with Crippen molar-refractivity contribution in [1.82, 2.24) is 14.8 Å². The predicted molar refractivity (Wildman–Crippen MR) is 76.3 cm³/mol. The molecule has 0 aromatic carbocycles. The Kier molecular flexibility index (Phi) is 5.05. The highest BCUT2D eigenvalue weighted by atomic mass is 16.5. The van der Waals surface area contributed by atoms with Gasteiger partial charge in [0.25, 0.3) is 0 Å². The molecule has 1 aromatic rings. The van der Waals surface area contributed by atoms with Crippen LogP contribution in [0.4, 0.5) is 0 Å². The van der Waals surface area contributed by atoms with Crippen LogP contribution in [0.3, 0.4) is 0 Å². The lowest BCUT2D eigenvalue weighted by Crippen LogP contribution is -2.54. The smallest absolute Gasteiger partial charge is 0.356 e. The summed E-state index contributed by atoms with van der Waals surface area (Å²) in [5, 5.41) is 0. The van der Waals surface area contributed by atoms with Gasteiger partial charge in [0.05, 0.1) is 12.8 Å². The second-order valence-corrected chi connectivity index (χ2v) is 5.13. The number of nitrogens with zero attached hydrogens (tertiary/aromatic N) is 3. The van der Waals surface area contributed by atoms with Gasteiger partial charge in [-0.1, -0.05) is 6.07 Å². The Labute approximate surface area is 119 Å². The molecule has 1 saturated heterocycles. The average Bonchev–Trinajstić information content (AvgIpc) is 2.48. The third kappa shape index (κ3) is 3.53. The molecule has 1 aliphatic rings. The van der Waals surface area contributed by atoms with Gasteiger partial charge in [-0.2, -0.15) is 0 Å². The van der Waals surface area contributed by atoms with E-state index in [1.807, 2.05) is 12.1 Å². The minimum absolute atomic E-state index is 0.331. The van der Waals surface area contributed by atoms with E-state index in [-0.39, 0.29) is 0 Å². The number of esters is 1. The van der Waals surface area contributed by atoms with E-state index in [0.717, 1.165) is 25.3 Å². The maximum absolute atomic E-state index is 11.5. The van der Waals surface area contributed by atoms with Gasteiger partial charge in [-0.25, -0.2) is 9.78 Å². The largest absolute Gasteiger partial charge is 0.464 e. The van der Waals surface area contributed by atoms with Crippen LogP contribution in [0, 0.1) is 0 Å². The van der Waals surface area contributed by atoms with E-state index in [0.29, 0.717) is 24.8 Å². The first kappa shape index (κ1) is 14.9. The third-order valence-corrected chi connectivity index (χ3v) is 3.65. The summed E-state index contributed by atoms with van der Waals surface area (Å²) in [5.41, 5.74) is 7.07. The van der Waals surface area contributed by atoms with Crippen molar-refractivity contribution in [3.63, 3.8) is 0 Å². The van der Waals surface area contributed by atoms with E-state index in [1.165, 1.54) is 7.11 Å². The summed E-state index contributed by atoms with van der Waals surface area (Å²) < 4.78 is 4.70. The number of rotatable bonds is 4. The van der Waals surface area contributed by atoms with Gasteiger partial charge in [0, 0.05) is 38.8 Å². The zero-order chi connectivity index (χ0) is 14.5. The molecule has 1 aliphatic heterocycles. The van der Waals surface area contributed by atoms with Crippen molar-refractivity contribution in [1.29, 1.82) is 0 Å². The summed E-state index contributed by atoms with van der Waals surface area (Å²) >= 11 is 0. The molecule has 0 bridgehead atoms. The Hall–Kier alpha value is -1.50. The predicted octanol–water partition coefficient (Wildman–Crippen LogP) is -0.0571. The Morgan fingerprint density at radius 2 is 2.30 bits per heavy atom. The fourth-order valence-electron chi connectivity index (χ4n) is 2.47. The Bertz CT molecular complexity index is 466. The van der Waals surface area contributed by atoms with E-state index < -0.39 is 5.97 Å². The minimum Gasteiger partial charge on any atom is -0.464 e. The van der Waals surface area contributed by atoms with E-state index in [4.69, 9.17) is 10.5 Å². The number of ether oxygens (including phenoxy) is 1. The molecular weight excluding hydrogens is 256 g/mol. The maximum Gasteiger partial charge on any atom is 0.356 e. The molecule has 1 fully saturated rings. The number of nitrogens with two attached hydrogens (primary N) is 1. The van der Waals surface area contributed by atoms with Crippen LogP contribution in [0.15, 0.2) is 18.2 Å². The molecule has 0 amide bonds. The maximum atomic E-state index is 11.5. The van der Waals surface area contributed by atoms with Crippen LogP contribution in [0.2, 0.25) is 0 Å². The number of pyridine rings is 1. The molecule has 20 heavy (non-hydrogen) atoms. The number of hydrogen-bond acceptors (Lipinski definition) is 6. The zero-order valence-corrected chi connectivity index (χ0v) is 12.1. The molecule has 0 spiro atoms. The van der Waals surface area contributed by atoms with Crippen molar-refractivity contribution in [3.05, 3.63) is 29.6 Å². The summed E-state index contributed by atoms with van der Waals surface area (Å²) in [6.45, 7) is 4.28. The molecule has 2 N–H and O–H groups in total. The number of aromatic nitrogens is 1. The Balaban J connectivity index is 2.07. The highest BCUT2D eigenvalue weighted by molar-refractivity contribution is 5.87. The van der Waals surface area contributed by atoms with Gasteiger partial charge in [0.1, 0.15) is 5.69 Å². The lowest BCUT2D eigenvalue weighted by molar-refractivity contribution is 0.0592. The standard InChI is InChI=1S/C14H22N4O2/c1-17-6-7-18(12(8-15)10-17)9-11-4-3-5-13(16-11)14(19)20-2/h3-5,12H,6-10,15H2,1-2H3. The molecule has 0 aliphatic carbocycles. The lowest BCUT2D eigenvalue weighted by atomic mass is 10.1. The molecule has 1 atom stereocenters. The van der Waals surface area contributed by atoms with E-state index in [9.17, 15) is 4.79 Å². The Morgan fingerprint density at radius 1 is 1.50 bits per heavy atom. The average molecular weight is 278 g/mol. The molecule has 1 unspecified atom stereocenters. The van der Waals surface area contributed by atoms with Crippen LogP contribution in [-0.2, 0) is 11.3 Å². The summed E-state index contributed by atoms with van der Waals surface area (Å²) in [5.74, 6) is -0.402. The quantitative estimate of drug-likeness (QED) is 0.778. The number of carbonyl (C=O) groups excluding carboxylic acids is 1. The SMILES string of the molecule is COC(=O)c1cccc(CN2CCN(C)CC2CN)n1. The van der Waals surface area contributed by atoms with Crippen molar-refractivity contribution in [2.75, 3.05) is 40.3 Å². The number of carbonyl (C=O) groups is 1. The molecular formula is C14H22N4O2. The lowest BCUT2D eigenvalue weighted by Gasteiger charge is -2.39. The molecule has 1 aromatic heterocycles. The summed E-state index contributed by atoms with van der Waals surface area (Å²) in [6, 6.07) is 5.76. The van der Waals surface area contributed by atoms with Gasteiger partial charge in [0.2, 0.25) is 0 Å². The highest BCUT2D eigenvalue weighted by Crippen LogP contribution is 2.12. The fourth-order valence-corrected chi connectivity index (χ4v) is 2.47. The number of likely N-dealkylation sites (N-methyl/N-ethyl adjacent to an activating group) is 1. The van der Waals surface area contributed by atoms with Crippen LogP contribution in [-0.4, -0.2) is 67.1 Å². The third-order valence-electron chi connectivity index (χ3n) is 3.65. The second-order valence-electron chi connectivity index (χ2n) is 5.13. The highest BCUT2D eigenvalue weighted by Gasteiger charge is 2.24. The zero-order valence-electron chi connectivity index (χ0n) is 12.1. The van der Waals surface area contributed by atoms with E-state index in [2.05, 4.69) is 21.8 Å². The van der Waals surface area contributed by atoms with Gasteiger partial charge in [0.15, 0.2) is 0 Å². The van der Waals surface area contributed by atoms with Crippen molar-refractivity contribution < 1.29 is 9.53 Å². The fraction of sp³-hybridized carbons (Fsp3) is 0.571. The van der Waals surface area contributed by atoms with E-state index in [1.54, 1.807) is 6.07 Å². The molecule has 0 saturated carbocycles. The summed E-state index contributed by atoms with van der Waals surface area (Å²) in [7, 11) is 3.47. The molecule has 2 heterocycles. The van der Waals surface area contributed by atoms with Gasteiger partial charge in [-0.05, 0) is 19.2 Å². The van der Waals surface area contributed by atoms with Gasteiger partial charge >= 0.3 is 5.97 Å². The first-order valence-electron chi connectivity index (χ1n) is 6.81. The van der Waals surface area contributed by atoms with Gasteiger partial charge in [-0.15, -0.1) is 0 Å². The molecule has 2 rings (SSSR count).